The van der Waals surface area contributed by atoms with Crippen LogP contribution in [0.3, 0.4) is 0 Å². The summed E-state index contributed by atoms with van der Waals surface area (Å²) in [4.78, 5) is 0. The second-order valence-corrected chi connectivity index (χ2v) is 4.09. The number of aromatic amines is 1. The summed E-state index contributed by atoms with van der Waals surface area (Å²) in [6.45, 7) is 2.63. The number of hydrogen-bond acceptors (Lipinski definition) is 6. The highest BCUT2D eigenvalue weighted by atomic mass is 16.5. The molecule has 1 aromatic heterocycles. The summed E-state index contributed by atoms with van der Waals surface area (Å²) in [7, 11) is 3.27. The molecule has 0 bridgehead atoms. The maximum atomic E-state index is 5.23. The summed E-state index contributed by atoms with van der Waals surface area (Å²) in [6, 6.07) is 5.76. The molecule has 0 radical (unpaired) electrons. The maximum Gasteiger partial charge on any atom is 0.191 e. The Morgan fingerprint density at radius 2 is 1.89 bits per heavy atom. The highest BCUT2D eigenvalue weighted by Crippen LogP contribution is 2.22. The molecule has 0 aliphatic carbocycles. The first-order chi connectivity index (χ1) is 9.22. The van der Waals surface area contributed by atoms with Crippen LogP contribution in [0.25, 0.3) is 0 Å². The van der Waals surface area contributed by atoms with Gasteiger partial charge in [-0.25, -0.2) is 0 Å². The minimum absolute atomic E-state index is 0.0101. The Bertz CT molecular complexity index is 493. The number of benzene rings is 1. The van der Waals surface area contributed by atoms with E-state index in [-0.39, 0.29) is 6.04 Å². The molecule has 0 amide bonds. The first kappa shape index (κ1) is 13.3. The molecule has 0 fully saturated rings. The molecule has 0 spiro atoms. The lowest BCUT2D eigenvalue weighted by Gasteiger charge is -2.12. The Morgan fingerprint density at radius 3 is 2.42 bits per heavy atom. The Hall–Kier alpha value is -2.15. The van der Waals surface area contributed by atoms with Gasteiger partial charge in [-0.3, -0.25) is 0 Å². The number of rotatable bonds is 6. The average molecular weight is 263 g/mol. The van der Waals surface area contributed by atoms with Crippen LogP contribution in [0.15, 0.2) is 18.2 Å². The third-order valence-corrected chi connectivity index (χ3v) is 2.77. The molecule has 102 valence electrons. The minimum atomic E-state index is 0.0101. The number of hydrogen-bond donors (Lipinski definition) is 2. The van der Waals surface area contributed by atoms with Gasteiger partial charge in [0, 0.05) is 12.6 Å². The van der Waals surface area contributed by atoms with Crippen LogP contribution in [0.2, 0.25) is 0 Å². The lowest BCUT2D eigenvalue weighted by Crippen LogP contribution is -2.19. The number of tetrazole rings is 1. The van der Waals surface area contributed by atoms with Crippen LogP contribution in [0.1, 0.15) is 24.4 Å². The van der Waals surface area contributed by atoms with E-state index in [1.54, 1.807) is 14.2 Å². The highest BCUT2D eigenvalue weighted by Gasteiger charge is 2.10. The van der Waals surface area contributed by atoms with Gasteiger partial charge in [-0.15, -0.1) is 10.2 Å². The van der Waals surface area contributed by atoms with E-state index in [4.69, 9.17) is 9.47 Å². The number of ether oxygens (including phenoxy) is 2. The molecule has 0 saturated heterocycles. The quantitative estimate of drug-likeness (QED) is 0.811. The molecule has 7 heteroatoms. The zero-order valence-corrected chi connectivity index (χ0v) is 11.2. The van der Waals surface area contributed by atoms with Crippen molar-refractivity contribution in [3.05, 3.63) is 29.6 Å². The van der Waals surface area contributed by atoms with Gasteiger partial charge < -0.3 is 14.8 Å². The smallest absolute Gasteiger partial charge is 0.191 e. The van der Waals surface area contributed by atoms with Gasteiger partial charge in [-0.05, 0) is 24.6 Å². The monoisotopic (exact) mass is 263 g/mol. The lowest BCUT2D eigenvalue weighted by molar-refractivity contribution is 0.392. The second-order valence-electron chi connectivity index (χ2n) is 4.09. The lowest BCUT2D eigenvalue weighted by atomic mass is 10.2. The molecular weight excluding hydrogens is 246 g/mol. The Morgan fingerprint density at radius 1 is 1.21 bits per heavy atom. The summed E-state index contributed by atoms with van der Waals surface area (Å²) >= 11 is 0. The first-order valence-electron chi connectivity index (χ1n) is 5.91. The van der Waals surface area contributed by atoms with Crippen molar-refractivity contribution in [2.45, 2.75) is 19.5 Å². The zero-order chi connectivity index (χ0) is 13.7. The van der Waals surface area contributed by atoms with E-state index < -0.39 is 0 Å². The third-order valence-electron chi connectivity index (χ3n) is 2.77. The predicted octanol–water partition coefficient (Wildman–Crippen LogP) is 1.07. The Labute approximate surface area is 111 Å². The number of nitrogens with zero attached hydrogens (tertiary/aromatic N) is 3. The fourth-order valence-electron chi connectivity index (χ4n) is 1.68. The van der Waals surface area contributed by atoms with E-state index in [1.807, 2.05) is 25.1 Å². The number of nitrogens with one attached hydrogen (secondary N) is 2. The van der Waals surface area contributed by atoms with Crippen molar-refractivity contribution in [3.63, 3.8) is 0 Å². The predicted molar refractivity (Wildman–Crippen MR) is 69.0 cm³/mol. The van der Waals surface area contributed by atoms with Gasteiger partial charge in [-0.1, -0.05) is 5.21 Å². The van der Waals surface area contributed by atoms with Crippen LogP contribution in [-0.2, 0) is 6.54 Å². The SMILES string of the molecule is COc1cc(CNC(C)c2nn[nH]n2)cc(OC)c1. The Kier molecular flexibility index (Phi) is 4.30. The molecule has 2 rings (SSSR count). The molecule has 1 atom stereocenters. The Balaban J connectivity index is 2.02. The summed E-state index contributed by atoms with van der Waals surface area (Å²) in [5, 5.41) is 17.2. The van der Waals surface area contributed by atoms with E-state index in [0.29, 0.717) is 12.4 Å². The van der Waals surface area contributed by atoms with Crippen molar-refractivity contribution in [2.75, 3.05) is 14.2 Å². The van der Waals surface area contributed by atoms with Gasteiger partial charge in [0.05, 0.1) is 20.3 Å². The molecule has 1 unspecified atom stereocenters. The van der Waals surface area contributed by atoms with Crippen molar-refractivity contribution in [2.24, 2.45) is 0 Å². The van der Waals surface area contributed by atoms with Gasteiger partial charge in [0.15, 0.2) is 5.82 Å². The molecule has 19 heavy (non-hydrogen) atoms. The standard InChI is InChI=1S/C12H17N5O2/c1-8(12-14-16-17-15-12)13-7-9-4-10(18-2)6-11(5-9)19-3/h4-6,8,13H,7H2,1-3H3,(H,14,15,16,17). The zero-order valence-electron chi connectivity index (χ0n) is 11.2. The topological polar surface area (TPSA) is 85.0 Å². The van der Waals surface area contributed by atoms with Gasteiger partial charge in [-0.2, -0.15) is 5.21 Å². The van der Waals surface area contributed by atoms with E-state index in [1.165, 1.54) is 0 Å². The largest absolute Gasteiger partial charge is 0.497 e. The molecule has 1 heterocycles. The minimum Gasteiger partial charge on any atom is -0.497 e. The van der Waals surface area contributed by atoms with Crippen LogP contribution in [0.5, 0.6) is 11.5 Å². The van der Waals surface area contributed by atoms with Crippen molar-refractivity contribution < 1.29 is 9.47 Å². The van der Waals surface area contributed by atoms with Crippen molar-refractivity contribution >= 4 is 0 Å². The molecule has 2 N–H and O–H groups in total. The average Bonchev–Trinajstić information content (AvgIpc) is 2.98. The van der Waals surface area contributed by atoms with Crippen molar-refractivity contribution in [1.82, 2.24) is 25.9 Å². The third kappa shape index (κ3) is 3.41. The molecule has 2 aromatic rings. The fraction of sp³-hybridized carbons (Fsp3) is 0.417. The first-order valence-corrected chi connectivity index (χ1v) is 5.91. The molecule has 7 nitrogen and oxygen atoms in total. The maximum absolute atomic E-state index is 5.23. The molecule has 1 aromatic carbocycles. The van der Waals surface area contributed by atoms with Gasteiger partial charge in [0.25, 0.3) is 0 Å². The summed E-state index contributed by atoms with van der Waals surface area (Å²) in [6.07, 6.45) is 0. The highest BCUT2D eigenvalue weighted by molar-refractivity contribution is 5.38. The van der Waals surface area contributed by atoms with Crippen LogP contribution in [0, 0.1) is 0 Å². The molecular formula is C12H17N5O2. The van der Waals surface area contributed by atoms with Gasteiger partial charge in [0.1, 0.15) is 11.5 Å². The molecule has 0 aliphatic rings. The van der Waals surface area contributed by atoms with Crippen LogP contribution >= 0.6 is 0 Å². The number of H-pyrrole nitrogens is 1. The van der Waals surface area contributed by atoms with E-state index in [0.717, 1.165) is 17.1 Å². The summed E-state index contributed by atoms with van der Waals surface area (Å²) in [5.74, 6) is 2.17. The second kappa shape index (κ2) is 6.14. The summed E-state index contributed by atoms with van der Waals surface area (Å²) < 4.78 is 10.5. The van der Waals surface area contributed by atoms with Crippen LogP contribution in [-0.4, -0.2) is 34.8 Å². The van der Waals surface area contributed by atoms with Gasteiger partial charge in [0.2, 0.25) is 0 Å². The fourth-order valence-corrected chi connectivity index (χ4v) is 1.68. The number of methoxy groups -OCH3 is 2. The molecule has 0 saturated carbocycles. The van der Waals surface area contributed by atoms with Crippen molar-refractivity contribution in [3.8, 4) is 11.5 Å². The van der Waals surface area contributed by atoms with Crippen LogP contribution in [0.4, 0.5) is 0 Å². The normalized spacial score (nSPS) is 12.2. The number of aromatic nitrogens is 4. The van der Waals surface area contributed by atoms with Crippen LogP contribution < -0.4 is 14.8 Å². The molecule has 0 aliphatic heterocycles. The van der Waals surface area contributed by atoms with Gasteiger partial charge >= 0.3 is 0 Å². The van der Waals surface area contributed by atoms with Crippen molar-refractivity contribution in [1.29, 1.82) is 0 Å². The van der Waals surface area contributed by atoms with E-state index in [9.17, 15) is 0 Å². The van der Waals surface area contributed by atoms with E-state index in [2.05, 4.69) is 25.9 Å². The summed E-state index contributed by atoms with van der Waals surface area (Å²) in [5.41, 5.74) is 1.06. The van der Waals surface area contributed by atoms with E-state index >= 15 is 0 Å².